The summed E-state index contributed by atoms with van der Waals surface area (Å²) in [5, 5.41) is 11.1. The SMILES string of the molecule is Cc1cc(Br)c(F)cc1NC(=O)N(C)CCC(=O)O. The summed E-state index contributed by atoms with van der Waals surface area (Å²) in [6.07, 6.45) is -0.141. The van der Waals surface area contributed by atoms with E-state index in [1.807, 2.05) is 0 Å². The largest absolute Gasteiger partial charge is 0.481 e. The Morgan fingerprint density at radius 3 is 2.68 bits per heavy atom. The third kappa shape index (κ3) is 4.51. The van der Waals surface area contributed by atoms with Crippen LogP contribution >= 0.6 is 15.9 Å². The van der Waals surface area contributed by atoms with Crippen molar-refractivity contribution in [2.45, 2.75) is 13.3 Å². The molecular formula is C12H14BrFN2O3. The molecule has 1 rings (SSSR count). The summed E-state index contributed by atoms with van der Waals surface area (Å²) < 4.78 is 13.7. The van der Waals surface area contributed by atoms with Crippen molar-refractivity contribution in [2.24, 2.45) is 0 Å². The van der Waals surface area contributed by atoms with Crippen LogP contribution in [0.3, 0.4) is 0 Å². The lowest BCUT2D eigenvalue weighted by molar-refractivity contribution is -0.137. The van der Waals surface area contributed by atoms with E-state index in [4.69, 9.17) is 5.11 Å². The molecular weight excluding hydrogens is 319 g/mol. The smallest absolute Gasteiger partial charge is 0.321 e. The Labute approximate surface area is 118 Å². The Balaban J connectivity index is 2.71. The first-order chi connectivity index (χ1) is 8.81. The number of benzene rings is 1. The number of aliphatic carboxylic acids is 1. The molecule has 0 unspecified atom stereocenters. The van der Waals surface area contributed by atoms with Crippen molar-refractivity contribution >= 4 is 33.6 Å². The van der Waals surface area contributed by atoms with Gasteiger partial charge in [-0.1, -0.05) is 0 Å². The molecule has 0 saturated heterocycles. The Morgan fingerprint density at radius 2 is 2.11 bits per heavy atom. The van der Waals surface area contributed by atoms with Gasteiger partial charge in [0.25, 0.3) is 0 Å². The van der Waals surface area contributed by atoms with E-state index in [-0.39, 0.29) is 13.0 Å². The highest BCUT2D eigenvalue weighted by Gasteiger charge is 2.13. The van der Waals surface area contributed by atoms with Gasteiger partial charge in [-0.2, -0.15) is 0 Å². The van der Waals surface area contributed by atoms with Crippen LogP contribution in [0.15, 0.2) is 16.6 Å². The number of carboxylic acids is 1. The number of rotatable bonds is 4. The van der Waals surface area contributed by atoms with Gasteiger partial charge in [-0.05, 0) is 40.5 Å². The highest BCUT2D eigenvalue weighted by molar-refractivity contribution is 9.10. The number of hydrogen-bond acceptors (Lipinski definition) is 2. The maximum atomic E-state index is 13.4. The van der Waals surface area contributed by atoms with Crippen LogP contribution in [0.1, 0.15) is 12.0 Å². The van der Waals surface area contributed by atoms with Crippen LogP contribution < -0.4 is 5.32 Å². The maximum absolute atomic E-state index is 13.4. The summed E-state index contributed by atoms with van der Waals surface area (Å²) in [6.45, 7) is 1.82. The minimum Gasteiger partial charge on any atom is -0.481 e. The van der Waals surface area contributed by atoms with E-state index >= 15 is 0 Å². The van der Waals surface area contributed by atoms with Crippen LogP contribution in [-0.2, 0) is 4.79 Å². The van der Waals surface area contributed by atoms with Crippen molar-refractivity contribution in [3.8, 4) is 0 Å². The number of halogens is 2. The normalized spacial score (nSPS) is 10.1. The molecule has 0 aliphatic rings. The zero-order valence-electron chi connectivity index (χ0n) is 10.5. The molecule has 0 bridgehead atoms. The molecule has 1 aromatic carbocycles. The van der Waals surface area contributed by atoms with Gasteiger partial charge in [-0.25, -0.2) is 9.18 Å². The van der Waals surface area contributed by atoms with Crippen LogP contribution in [0.4, 0.5) is 14.9 Å². The van der Waals surface area contributed by atoms with E-state index in [0.717, 1.165) is 0 Å². The molecule has 0 heterocycles. The first-order valence-electron chi connectivity index (χ1n) is 5.51. The van der Waals surface area contributed by atoms with Crippen molar-refractivity contribution < 1.29 is 19.1 Å². The predicted molar refractivity (Wildman–Crippen MR) is 72.7 cm³/mol. The number of aryl methyl sites for hydroxylation is 1. The summed E-state index contributed by atoms with van der Waals surface area (Å²) >= 11 is 3.05. The number of carbonyl (C=O) groups excluding carboxylic acids is 1. The van der Waals surface area contributed by atoms with E-state index in [1.165, 1.54) is 18.0 Å². The number of carbonyl (C=O) groups is 2. The fourth-order valence-electron chi connectivity index (χ4n) is 1.36. The Kier molecular flexibility index (Phi) is 5.29. The van der Waals surface area contributed by atoms with Crippen LogP contribution in [0, 0.1) is 12.7 Å². The van der Waals surface area contributed by atoms with Gasteiger partial charge in [0.1, 0.15) is 5.82 Å². The van der Waals surface area contributed by atoms with Gasteiger partial charge >= 0.3 is 12.0 Å². The van der Waals surface area contributed by atoms with Gasteiger partial charge in [0, 0.05) is 19.3 Å². The van der Waals surface area contributed by atoms with E-state index in [2.05, 4.69) is 21.2 Å². The van der Waals surface area contributed by atoms with Crippen LogP contribution in [0.5, 0.6) is 0 Å². The van der Waals surface area contributed by atoms with Crippen LogP contribution in [0.2, 0.25) is 0 Å². The zero-order valence-corrected chi connectivity index (χ0v) is 12.1. The molecule has 0 saturated carbocycles. The highest BCUT2D eigenvalue weighted by Crippen LogP contribution is 2.24. The maximum Gasteiger partial charge on any atom is 0.321 e. The molecule has 0 radical (unpaired) electrons. The Morgan fingerprint density at radius 1 is 1.47 bits per heavy atom. The third-order valence-corrected chi connectivity index (χ3v) is 3.12. The van der Waals surface area contributed by atoms with E-state index < -0.39 is 17.8 Å². The summed E-state index contributed by atoms with van der Waals surface area (Å²) in [6, 6.07) is 2.29. The molecule has 5 nitrogen and oxygen atoms in total. The lowest BCUT2D eigenvalue weighted by Crippen LogP contribution is -2.33. The van der Waals surface area contributed by atoms with Crippen LogP contribution in [-0.4, -0.2) is 35.6 Å². The third-order valence-electron chi connectivity index (χ3n) is 2.52. The predicted octanol–water partition coefficient (Wildman–Crippen LogP) is 2.84. The van der Waals surface area contributed by atoms with E-state index in [1.54, 1.807) is 13.0 Å². The number of nitrogens with one attached hydrogen (secondary N) is 1. The molecule has 19 heavy (non-hydrogen) atoms. The second-order valence-electron chi connectivity index (χ2n) is 4.08. The average molecular weight is 333 g/mol. The van der Waals surface area contributed by atoms with Gasteiger partial charge in [0.15, 0.2) is 0 Å². The summed E-state index contributed by atoms with van der Waals surface area (Å²) in [5.74, 6) is -1.46. The molecule has 104 valence electrons. The van der Waals surface area contributed by atoms with Gasteiger partial charge in [0.05, 0.1) is 10.9 Å². The van der Waals surface area contributed by atoms with Crippen molar-refractivity contribution in [3.63, 3.8) is 0 Å². The molecule has 0 spiro atoms. The number of nitrogens with zero attached hydrogens (tertiary/aromatic N) is 1. The number of amides is 2. The van der Waals surface area contributed by atoms with Crippen molar-refractivity contribution in [1.29, 1.82) is 0 Å². The standard InChI is InChI=1S/C12H14BrFN2O3/c1-7-5-8(13)9(14)6-10(7)15-12(19)16(2)4-3-11(17)18/h5-6H,3-4H2,1-2H3,(H,15,19)(H,17,18). The molecule has 0 fully saturated rings. The molecule has 2 N–H and O–H groups in total. The van der Waals surface area contributed by atoms with E-state index in [0.29, 0.717) is 15.7 Å². The quantitative estimate of drug-likeness (QED) is 0.890. The number of carboxylic acid groups (broad SMARTS) is 1. The molecule has 0 atom stereocenters. The topological polar surface area (TPSA) is 69.6 Å². The Bertz CT molecular complexity index is 508. The van der Waals surface area contributed by atoms with Gasteiger partial charge in [-0.3, -0.25) is 4.79 Å². The van der Waals surface area contributed by atoms with Gasteiger partial charge in [-0.15, -0.1) is 0 Å². The lowest BCUT2D eigenvalue weighted by Gasteiger charge is -2.18. The van der Waals surface area contributed by atoms with Crippen molar-refractivity contribution in [3.05, 3.63) is 28.0 Å². The molecule has 0 aliphatic heterocycles. The minimum atomic E-state index is -0.981. The summed E-state index contributed by atoms with van der Waals surface area (Å²) in [7, 11) is 1.48. The monoisotopic (exact) mass is 332 g/mol. The molecule has 7 heteroatoms. The Hall–Kier alpha value is -1.63. The zero-order chi connectivity index (χ0) is 14.6. The average Bonchev–Trinajstić information content (AvgIpc) is 2.32. The first-order valence-corrected chi connectivity index (χ1v) is 6.30. The van der Waals surface area contributed by atoms with E-state index in [9.17, 15) is 14.0 Å². The molecule has 0 aromatic heterocycles. The molecule has 2 amide bonds. The fourth-order valence-corrected chi connectivity index (χ4v) is 1.81. The van der Waals surface area contributed by atoms with Crippen molar-refractivity contribution in [2.75, 3.05) is 18.9 Å². The second-order valence-corrected chi connectivity index (χ2v) is 4.93. The van der Waals surface area contributed by atoms with Gasteiger partial charge in [0.2, 0.25) is 0 Å². The second kappa shape index (κ2) is 6.51. The highest BCUT2D eigenvalue weighted by atomic mass is 79.9. The molecule has 1 aromatic rings. The number of anilines is 1. The number of urea groups is 1. The van der Waals surface area contributed by atoms with Crippen molar-refractivity contribution in [1.82, 2.24) is 4.90 Å². The first kappa shape index (κ1) is 15.4. The fraction of sp³-hybridized carbons (Fsp3) is 0.333. The summed E-state index contributed by atoms with van der Waals surface area (Å²) in [4.78, 5) is 23.4. The minimum absolute atomic E-state index is 0.0826. The lowest BCUT2D eigenvalue weighted by atomic mass is 10.2. The summed E-state index contributed by atoms with van der Waals surface area (Å²) in [5.41, 5.74) is 1.06. The van der Waals surface area contributed by atoms with Crippen LogP contribution in [0.25, 0.3) is 0 Å². The molecule has 0 aliphatic carbocycles. The van der Waals surface area contributed by atoms with Gasteiger partial charge < -0.3 is 15.3 Å². The number of hydrogen-bond donors (Lipinski definition) is 2.